The molecule has 0 spiro atoms. The minimum Gasteiger partial charge on any atom is -0.332 e. The first-order valence-electron chi connectivity index (χ1n) is 9.02. The number of hydrogen-bond acceptors (Lipinski definition) is 3. The number of rotatable bonds is 5. The molecule has 0 bridgehead atoms. The number of benzene rings is 3. The maximum absolute atomic E-state index is 12.4. The van der Waals surface area contributed by atoms with Gasteiger partial charge in [0, 0.05) is 28.0 Å². The van der Waals surface area contributed by atoms with Crippen LogP contribution in [0.15, 0.2) is 84.9 Å². The van der Waals surface area contributed by atoms with E-state index in [0.717, 1.165) is 5.56 Å². The summed E-state index contributed by atoms with van der Waals surface area (Å²) in [4.78, 5) is 24.5. The van der Waals surface area contributed by atoms with E-state index < -0.39 is 0 Å². The van der Waals surface area contributed by atoms with Gasteiger partial charge in [0.25, 0.3) is 5.91 Å². The van der Waals surface area contributed by atoms with Crippen LogP contribution in [0.5, 0.6) is 0 Å². The Morgan fingerprint density at radius 3 is 2.27 bits per heavy atom. The highest BCUT2D eigenvalue weighted by atomic mass is 35.5. The van der Waals surface area contributed by atoms with Crippen LogP contribution in [0.3, 0.4) is 0 Å². The molecule has 0 saturated heterocycles. The molecular formula is C23H18ClN3O2S. The number of carbonyl (C=O) groups is 2. The van der Waals surface area contributed by atoms with E-state index in [1.165, 1.54) is 6.08 Å². The molecule has 3 aromatic carbocycles. The Kier molecular flexibility index (Phi) is 7.32. The summed E-state index contributed by atoms with van der Waals surface area (Å²) >= 11 is 11.0. The zero-order valence-electron chi connectivity index (χ0n) is 15.8. The Morgan fingerprint density at radius 1 is 0.833 bits per heavy atom. The van der Waals surface area contributed by atoms with Crippen LogP contribution in [0, 0.1) is 0 Å². The van der Waals surface area contributed by atoms with Crippen molar-refractivity contribution in [2.24, 2.45) is 0 Å². The van der Waals surface area contributed by atoms with Crippen LogP contribution >= 0.6 is 23.8 Å². The summed E-state index contributed by atoms with van der Waals surface area (Å²) in [6.07, 6.45) is 3.03. The molecule has 7 heteroatoms. The molecule has 150 valence electrons. The Hall–Kier alpha value is -3.48. The third kappa shape index (κ3) is 6.55. The lowest BCUT2D eigenvalue weighted by atomic mass is 10.2. The van der Waals surface area contributed by atoms with Crippen molar-refractivity contribution in [1.82, 2.24) is 5.32 Å². The number of hydrogen-bond donors (Lipinski definition) is 3. The fourth-order valence-corrected chi connectivity index (χ4v) is 2.87. The van der Waals surface area contributed by atoms with Crippen molar-refractivity contribution in [3.05, 3.63) is 101 Å². The Bertz CT molecular complexity index is 1080. The fraction of sp³-hybridized carbons (Fsp3) is 0. The molecule has 0 saturated carbocycles. The SMILES string of the molecule is O=C(/C=C/c1ccc(Cl)cc1)NC(=S)Nc1cccc(C(=O)Nc2ccccc2)c1. The molecule has 3 N–H and O–H groups in total. The Morgan fingerprint density at radius 2 is 1.53 bits per heavy atom. The molecule has 3 aromatic rings. The lowest BCUT2D eigenvalue weighted by molar-refractivity contribution is -0.115. The van der Waals surface area contributed by atoms with Gasteiger partial charge in [-0.3, -0.25) is 14.9 Å². The van der Waals surface area contributed by atoms with E-state index in [0.29, 0.717) is 22.0 Å². The lowest BCUT2D eigenvalue weighted by Gasteiger charge is -2.10. The quantitative estimate of drug-likeness (QED) is 0.384. The molecule has 0 fully saturated rings. The Labute approximate surface area is 184 Å². The largest absolute Gasteiger partial charge is 0.332 e. The maximum atomic E-state index is 12.4. The molecule has 2 amide bonds. The van der Waals surface area contributed by atoms with Crippen LogP contribution in [0.2, 0.25) is 5.02 Å². The predicted octanol–water partition coefficient (Wildman–Crippen LogP) is 5.12. The summed E-state index contributed by atoms with van der Waals surface area (Å²) in [7, 11) is 0. The third-order valence-corrected chi connectivity index (χ3v) is 4.40. The number of anilines is 2. The number of halogens is 1. The van der Waals surface area contributed by atoms with Gasteiger partial charge in [-0.2, -0.15) is 0 Å². The highest BCUT2D eigenvalue weighted by Gasteiger charge is 2.08. The molecule has 0 atom stereocenters. The molecule has 0 aliphatic rings. The summed E-state index contributed by atoms with van der Waals surface area (Å²) in [5.41, 5.74) is 2.59. The van der Waals surface area contributed by atoms with Crippen LogP contribution in [-0.2, 0) is 4.79 Å². The van der Waals surface area contributed by atoms with E-state index in [9.17, 15) is 9.59 Å². The lowest BCUT2D eigenvalue weighted by Crippen LogP contribution is -2.32. The van der Waals surface area contributed by atoms with Gasteiger partial charge in [-0.15, -0.1) is 0 Å². The zero-order chi connectivity index (χ0) is 21.3. The summed E-state index contributed by atoms with van der Waals surface area (Å²) in [5.74, 6) is -0.619. The number of thiocarbonyl (C=S) groups is 1. The van der Waals surface area contributed by atoms with Crippen molar-refractivity contribution in [3.8, 4) is 0 Å². The maximum Gasteiger partial charge on any atom is 0.255 e. The first kappa shape index (κ1) is 21.2. The Balaban J connectivity index is 1.56. The molecule has 3 rings (SSSR count). The van der Waals surface area contributed by atoms with Crippen LogP contribution in [0.4, 0.5) is 11.4 Å². The zero-order valence-corrected chi connectivity index (χ0v) is 17.3. The highest BCUT2D eigenvalue weighted by Crippen LogP contribution is 2.14. The summed E-state index contributed by atoms with van der Waals surface area (Å²) in [6, 6.07) is 23.1. The van der Waals surface area contributed by atoms with Crippen LogP contribution in [0.1, 0.15) is 15.9 Å². The van der Waals surface area contributed by atoms with E-state index in [-0.39, 0.29) is 16.9 Å². The molecule has 0 aliphatic heterocycles. The van der Waals surface area contributed by atoms with E-state index in [1.807, 2.05) is 30.3 Å². The van der Waals surface area contributed by atoms with E-state index in [1.54, 1.807) is 54.6 Å². The number of carbonyl (C=O) groups excluding carboxylic acids is 2. The van der Waals surface area contributed by atoms with Gasteiger partial charge in [0.1, 0.15) is 0 Å². The monoisotopic (exact) mass is 435 g/mol. The molecule has 0 aliphatic carbocycles. The van der Waals surface area contributed by atoms with Crippen molar-refractivity contribution in [1.29, 1.82) is 0 Å². The van der Waals surface area contributed by atoms with Crippen molar-refractivity contribution in [3.63, 3.8) is 0 Å². The van der Waals surface area contributed by atoms with E-state index >= 15 is 0 Å². The topological polar surface area (TPSA) is 70.2 Å². The van der Waals surface area contributed by atoms with Crippen LogP contribution in [0.25, 0.3) is 6.08 Å². The van der Waals surface area contributed by atoms with Gasteiger partial charge in [-0.1, -0.05) is 48.0 Å². The van der Waals surface area contributed by atoms with Crippen molar-refractivity contribution >= 4 is 58.2 Å². The van der Waals surface area contributed by atoms with Gasteiger partial charge >= 0.3 is 0 Å². The minimum absolute atomic E-state index is 0.126. The highest BCUT2D eigenvalue weighted by molar-refractivity contribution is 7.80. The van der Waals surface area contributed by atoms with Crippen molar-refractivity contribution < 1.29 is 9.59 Å². The second-order valence-electron chi connectivity index (χ2n) is 6.23. The predicted molar refractivity (Wildman–Crippen MR) is 126 cm³/mol. The average molecular weight is 436 g/mol. The second-order valence-corrected chi connectivity index (χ2v) is 7.07. The molecule has 30 heavy (non-hydrogen) atoms. The first-order chi connectivity index (χ1) is 14.5. The summed E-state index contributed by atoms with van der Waals surface area (Å²) in [6.45, 7) is 0. The number of para-hydroxylation sites is 1. The van der Waals surface area contributed by atoms with Gasteiger partial charge in [-0.05, 0) is 66.3 Å². The van der Waals surface area contributed by atoms with Crippen molar-refractivity contribution in [2.45, 2.75) is 0 Å². The first-order valence-corrected chi connectivity index (χ1v) is 9.80. The van der Waals surface area contributed by atoms with E-state index in [2.05, 4.69) is 16.0 Å². The number of nitrogens with one attached hydrogen (secondary N) is 3. The summed E-state index contributed by atoms with van der Waals surface area (Å²) in [5, 5.41) is 9.05. The van der Waals surface area contributed by atoms with Gasteiger partial charge < -0.3 is 10.6 Å². The van der Waals surface area contributed by atoms with Crippen LogP contribution in [-0.4, -0.2) is 16.9 Å². The van der Waals surface area contributed by atoms with Crippen molar-refractivity contribution in [2.75, 3.05) is 10.6 Å². The van der Waals surface area contributed by atoms with Gasteiger partial charge in [0.15, 0.2) is 5.11 Å². The molecule has 0 unspecified atom stereocenters. The summed E-state index contributed by atoms with van der Waals surface area (Å²) < 4.78 is 0. The van der Waals surface area contributed by atoms with Gasteiger partial charge in [-0.25, -0.2) is 0 Å². The molecule has 0 radical (unpaired) electrons. The molecular weight excluding hydrogens is 418 g/mol. The molecule has 0 heterocycles. The molecule has 0 aromatic heterocycles. The second kappa shape index (κ2) is 10.3. The molecule has 5 nitrogen and oxygen atoms in total. The third-order valence-electron chi connectivity index (χ3n) is 3.95. The standard InChI is InChI=1S/C23H18ClN3O2S/c24-18-12-9-16(10-13-18)11-14-21(28)27-23(30)26-20-8-4-5-17(15-20)22(29)25-19-6-2-1-3-7-19/h1-15H,(H,25,29)(H2,26,27,28,30)/b14-11+. The smallest absolute Gasteiger partial charge is 0.255 e. The van der Waals surface area contributed by atoms with Gasteiger partial charge in [0.05, 0.1) is 0 Å². The fourth-order valence-electron chi connectivity index (χ4n) is 2.52. The normalized spacial score (nSPS) is 10.4. The van der Waals surface area contributed by atoms with Gasteiger partial charge in [0.2, 0.25) is 5.91 Å². The number of amides is 2. The minimum atomic E-state index is -0.375. The van der Waals surface area contributed by atoms with Crippen LogP contribution < -0.4 is 16.0 Å². The van der Waals surface area contributed by atoms with E-state index in [4.69, 9.17) is 23.8 Å². The average Bonchev–Trinajstić information content (AvgIpc) is 2.74.